The molecule has 0 aromatic carbocycles. The summed E-state index contributed by atoms with van der Waals surface area (Å²) in [5.74, 6) is -9.05. The molecule has 408 valence electrons. The molecule has 0 radical (unpaired) electrons. The van der Waals surface area contributed by atoms with Crippen molar-refractivity contribution in [3.05, 3.63) is 0 Å². The minimum atomic E-state index is -1.94. The number of ether oxygens (including phenoxy) is 16. The van der Waals surface area contributed by atoms with Crippen LogP contribution in [0.4, 0.5) is 0 Å². The zero-order valence-corrected chi connectivity index (χ0v) is 42.3. The normalized spacial score (nSPS) is 30.0. The number of carbonyl (C=O) groups excluding carboxylic acids is 10. The van der Waals surface area contributed by atoms with E-state index in [2.05, 4.69) is 6.92 Å². The average Bonchev–Trinajstić information content (AvgIpc) is 3.25. The molecule has 0 N–H and O–H groups in total. The van der Waals surface area contributed by atoms with Crippen LogP contribution in [0.15, 0.2) is 0 Å². The molecular weight excluding hydrogens is 968 g/mol. The van der Waals surface area contributed by atoms with Crippen LogP contribution in [0, 0.1) is 0 Å². The second-order valence-electron chi connectivity index (χ2n) is 16.9. The minimum absolute atomic E-state index is 0.00578. The molecule has 0 spiro atoms. The molecule has 0 aromatic heterocycles. The van der Waals surface area contributed by atoms with Crippen molar-refractivity contribution in [2.45, 2.75) is 207 Å². The Hall–Kier alpha value is -5.54. The maximum absolute atomic E-state index is 13.1. The third-order valence-electron chi connectivity index (χ3n) is 10.6. The first-order valence-corrected chi connectivity index (χ1v) is 23.4. The maximum Gasteiger partial charge on any atom is 0.303 e. The number of hydrogen-bond acceptors (Lipinski definition) is 26. The van der Waals surface area contributed by atoms with E-state index >= 15 is 0 Å². The predicted octanol–water partition coefficient (Wildman–Crippen LogP) is 1.52. The minimum Gasteiger partial charge on any atom is -0.463 e. The van der Waals surface area contributed by atoms with Crippen molar-refractivity contribution in [1.29, 1.82) is 0 Å². The molecule has 0 unspecified atom stereocenters. The second kappa shape index (κ2) is 29.8. The molecule has 0 bridgehead atoms. The van der Waals surface area contributed by atoms with E-state index in [-0.39, 0.29) is 6.61 Å². The summed E-state index contributed by atoms with van der Waals surface area (Å²) in [6, 6.07) is 0. The molecule has 26 heteroatoms. The zero-order valence-electron chi connectivity index (χ0n) is 42.3. The molecule has 0 amide bonds. The summed E-state index contributed by atoms with van der Waals surface area (Å²) in [6.45, 7) is 10.4. The summed E-state index contributed by atoms with van der Waals surface area (Å²) >= 11 is 0. The monoisotopic (exact) mass is 1040 g/mol. The van der Waals surface area contributed by atoms with Crippen LogP contribution < -0.4 is 0 Å². The van der Waals surface area contributed by atoms with Gasteiger partial charge in [0.15, 0.2) is 67.7 Å². The molecule has 0 aromatic rings. The van der Waals surface area contributed by atoms with Crippen LogP contribution in [-0.2, 0) is 124 Å². The van der Waals surface area contributed by atoms with Gasteiger partial charge in [-0.1, -0.05) is 39.0 Å². The van der Waals surface area contributed by atoms with E-state index in [1.807, 2.05) is 0 Å². The van der Waals surface area contributed by atoms with Crippen LogP contribution in [0.5, 0.6) is 0 Å². The Morgan fingerprint density at radius 2 is 0.625 bits per heavy atom. The fourth-order valence-electron chi connectivity index (χ4n) is 8.00. The molecule has 3 fully saturated rings. The Labute approximate surface area is 416 Å². The molecule has 0 saturated carbocycles. The molecule has 72 heavy (non-hydrogen) atoms. The molecule has 15 atom stereocenters. The highest BCUT2D eigenvalue weighted by Gasteiger charge is 2.59. The van der Waals surface area contributed by atoms with Gasteiger partial charge in [-0.25, -0.2) is 0 Å². The van der Waals surface area contributed by atoms with Crippen molar-refractivity contribution in [3.8, 4) is 0 Å². The van der Waals surface area contributed by atoms with Gasteiger partial charge in [0.1, 0.15) is 37.6 Å². The topological polar surface area (TPSA) is 318 Å². The number of carbonyl (C=O) groups is 10. The highest BCUT2D eigenvalue weighted by Crippen LogP contribution is 2.37. The summed E-state index contributed by atoms with van der Waals surface area (Å²) in [5, 5.41) is 0. The lowest BCUT2D eigenvalue weighted by Gasteiger charge is -2.49. The van der Waals surface area contributed by atoms with Crippen LogP contribution >= 0.6 is 0 Å². The van der Waals surface area contributed by atoms with Crippen LogP contribution in [0.2, 0.25) is 0 Å². The lowest BCUT2D eigenvalue weighted by Crippen LogP contribution is -2.67. The SMILES string of the molecule is CCCCCCCCO[C@@H]1O[C@H](CO[C@@H]2O[C@@H](COC(C)=O)[C@H](OC(C)=O)[C@@H](OC(C)=O)[C@H]2OC(C)=O)[C@@H](OC(C)=O)[C@H](O[C@@H]2O[C@@H](COC(C)=O)[C@H](OC(C)=O)[C@@H](OC(C)=O)[C@H]2OC(C)=O)[C@@H]1OC(C)=O. The number of unbranched alkanes of at least 4 members (excludes halogenated alkanes) is 5. The van der Waals surface area contributed by atoms with Gasteiger partial charge in [0, 0.05) is 75.8 Å². The van der Waals surface area contributed by atoms with Gasteiger partial charge < -0.3 is 75.8 Å². The van der Waals surface area contributed by atoms with E-state index in [1.54, 1.807) is 0 Å². The van der Waals surface area contributed by atoms with Crippen LogP contribution in [0.25, 0.3) is 0 Å². The lowest BCUT2D eigenvalue weighted by atomic mass is 9.95. The molecule has 3 rings (SSSR count). The van der Waals surface area contributed by atoms with E-state index in [4.69, 9.17) is 75.8 Å². The lowest BCUT2D eigenvalue weighted by molar-refractivity contribution is -0.367. The van der Waals surface area contributed by atoms with Crippen LogP contribution in [-0.4, -0.2) is 178 Å². The average molecular weight is 1040 g/mol. The first-order valence-electron chi connectivity index (χ1n) is 23.4. The van der Waals surface area contributed by atoms with E-state index in [0.717, 1.165) is 101 Å². The molecule has 3 aliphatic heterocycles. The van der Waals surface area contributed by atoms with Gasteiger partial charge in [-0.15, -0.1) is 0 Å². The van der Waals surface area contributed by atoms with E-state index < -0.39 is 172 Å². The van der Waals surface area contributed by atoms with Gasteiger partial charge in [-0.05, 0) is 6.42 Å². The summed E-state index contributed by atoms with van der Waals surface area (Å²) < 4.78 is 92.9. The van der Waals surface area contributed by atoms with Crippen molar-refractivity contribution >= 4 is 59.7 Å². The standard InChI is InChI=1S/C46H68O26/c1-12-13-14-15-16-17-18-57-44-42(67-30(10)55)40(72-46-43(68-31(11)56)39(65-28(8)53)36(62-25(5)50)33(71-46)20-59-23(3)48)37(63-26(6)51)34(69-44)21-60-45-41(66-29(9)54)38(64-27(7)52)35(61-24(4)49)32(70-45)19-58-22(2)47/h32-46H,12-21H2,1-11H3/t32-,33-,34+,35-,36-,37+,38+,39+,40-,41+,42-,43+,44+,45+,46-/m0/s1. The van der Waals surface area contributed by atoms with Crippen molar-refractivity contribution in [2.75, 3.05) is 26.4 Å². The van der Waals surface area contributed by atoms with Crippen LogP contribution in [0.1, 0.15) is 115 Å². The Morgan fingerprint density at radius 1 is 0.319 bits per heavy atom. The number of esters is 10. The number of hydrogen-bond donors (Lipinski definition) is 0. The summed E-state index contributed by atoms with van der Waals surface area (Å²) in [7, 11) is 0. The summed E-state index contributed by atoms with van der Waals surface area (Å²) in [6.07, 6.45) is -20.1. The second-order valence-corrected chi connectivity index (χ2v) is 16.9. The van der Waals surface area contributed by atoms with Gasteiger partial charge in [0.25, 0.3) is 0 Å². The van der Waals surface area contributed by atoms with E-state index in [0.29, 0.717) is 6.42 Å². The van der Waals surface area contributed by atoms with Gasteiger partial charge in [-0.2, -0.15) is 0 Å². The fourth-order valence-corrected chi connectivity index (χ4v) is 8.00. The molecule has 0 aliphatic carbocycles. The fraction of sp³-hybridized carbons (Fsp3) is 0.783. The zero-order chi connectivity index (χ0) is 53.8. The predicted molar refractivity (Wildman–Crippen MR) is 234 cm³/mol. The van der Waals surface area contributed by atoms with Gasteiger partial charge in [0.2, 0.25) is 0 Å². The molecule has 3 saturated heterocycles. The highest BCUT2D eigenvalue weighted by atomic mass is 16.8. The van der Waals surface area contributed by atoms with E-state index in [1.165, 1.54) is 0 Å². The highest BCUT2D eigenvalue weighted by molar-refractivity contribution is 5.70. The Morgan fingerprint density at radius 3 is 1.03 bits per heavy atom. The van der Waals surface area contributed by atoms with Gasteiger partial charge in [-0.3, -0.25) is 47.9 Å². The first-order chi connectivity index (χ1) is 33.9. The van der Waals surface area contributed by atoms with Crippen molar-refractivity contribution < 1.29 is 124 Å². The van der Waals surface area contributed by atoms with Crippen molar-refractivity contribution in [2.24, 2.45) is 0 Å². The largest absolute Gasteiger partial charge is 0.463 e. The van der Waals surface area contributed by atoms with Crippen LogP contribution in [0.3, 0.4) is 0 Å². The molecule has 26 nitrogen and oxygen atoms in total. The molecule has 3 aliphatic rings. The Bertz CT molecular complexity index is 1870. The Balaban J connectivity index is 2.26. The van der Waals surface area contributed by atoms with Gasteiger partial charge in [0.05, 0.1) is 6.61 Å². The van der Waals surface area contributed by atoms with Crippen molar-refractivity contribution in [3.63, 3.8) is 0 Å². The summed E-state index contributed by atoms with van der Waals surface area (Å²) in [5.41, 5.74) is 0. The number of rotatable bonds is 25. The third kappa shape index (κ3) is 19.8. The van der Waals surface area contributed by atoms with Gasteiger partial charge >= 0.3 is 59.7 Å². The quantitative estimate of drug-likeness (QED) is 0.0711. The maximum atomic E-state index is 13.1. The smallest absolute Gasteiger partial charge is 0.303 e. The summed E-state index contributed by atoms with van der Waals surface area (Å²) in [4.78, 5) is 125. The first kappa shape index (κ1) is 60.8. The Kier molecular flexibility index (Phi) is 25.2. The van der Waals surface area contributed by atoms with Crippen molar-refractivity contribution in [1.82, 2.24) is 0 Å². The van der Waals surface area contributed by atoms with E-state index in [9.17, 15) is 47.9 Å². The molecule has 3 heterocycles. The third-order valence-corrected chi connectivity index (χ3v) is 10.6. The molecular formula is C46H68O26.